The maximum Gasteiger partial charge on any atom is 0.255 e. The van der Waals surface area contributed by atoms with Gasteiger partial charge in [-0.1, -0.05) is 50.2 Å². The van der Waals surface area contributed by atoms with Crippen molar-refractivity contribution in [2.45, 2.75) is 77.0 Å². The number of rotatable bonds is 8. The Hall–Kier alpha value is -4.11. The van der Waals surface area contributed by atoms with Crippen LogP contribution in [0.25, 0.3) is 0 Å². The number of aromatic nitrogens is 2. The SMILES string of the molecule is CC(C)c1cnc(NCc2ccc(CN3CCC(c4ccc5c(c4)CN(C4CCC(=O)NC4=O)C5=O)CC3)cc2)nc1. The molecular weight excluding hydrogens is 528 g/mol. The summed E-state index contributed by atoms with van der Waals surface area (Å²) in [4.78, 5) is 49.9. The van der Waals surface area contributed by atoms with Crippen LogP contribution in [0, 0.1) is 0 Å². The van der Waals surface area contributed by atoms with Crippen LogP contribution in [0.1, 0.15) is 89.5 Å². The number of benzene rings is 2. The van der Waals surface area contributed by atoms with Gasteiger partial charge in [0.15, 0.2) is 0 Å². The van der Waals surface area contributed by atoms with Crippen molar-refractivity contribution in [1.82, 2.24) is 25.1 Å². The lowest BCUT2D eigenvalue weighted by atomic mass is 9.87. The number of anilines is 1. The fourth-order valence-corrected chi connectivity index (χ4v) is 6.20. The highest BCUT2D eigenvalue weighted by Gasteiger charge is 2.39. The second-order valence-electron chi connectivity index (χ2n) is 12.0. The van der Waals surface area contributed by atoms with Gasteiger partial charge in [-0.3, -0.25) is 24.6 Å². The number of nitrogens with one attached hydrogen (secondary N) is 2. The molecule has 42 heavy (non-hydrogen) atoms. The Morgan fingerprint density at radius 1 is 0.952 bits per heavy atom. The molecule has 1 atom stereocenters. The van der Waals surface area contributed by atoms with Crippen LogP contribution in [0.2, 0.25) is 0 Å². The molecule has 6 rings (SSSR count). The number of piperidine rings is 2. The summed E-state index contributed by atoms with van der Waals surface area (Å²) in [6, 6.07) is 14.3. The fourth-order valence-electron chi connectivity index (χ4n) is 6.20. The number of nitrogens with zero attached hydrogens (tertiary/aromatic N) is 4. The zero-order chi connectivity index (χ0) is 29.2. The zero-order valence-corrected chi connectivity index (χ0v) is 24.3. The molecule has 0 bridgehead atoms. The normalized spacial score (nSPS) is 19.7. The number of imide groups is 1. The first-order chi connectivity index (χ1) is 20.3. The average Bonchev–Trinajstić information content (AvgIpc) is 3.32. The number of hydrogen-bond acceptors (Lipinski definition) is 7. The third-order valence-corrected chi connectivity index (χ3v) is 8.82. The molecule has 0 radical (unpaired) electrons. The molecule has 3 aromatic rings. The van der Waals surface area contributed by atoms with Gasteiger partial charge in [0.25, 0.3) is 5.91 Å². The molecule has 2 aromatic carbocycles. The van der Waals surface area contributed by atoms with Crippen LogP contribution in [-0.4, -0.2) is 56.6 Å². The van der Waals surface area contributed by atoms with E-state index < -0.39 is 6.04 Å². The standard InChI is InChI=1S/C33H38N6O3/c1-21(2)27-17-35-33(36-18-27)34-16-22-3-5-23(6-4-22)19-38-13-11-24(12-14-38)25-7-8-28-26(15-25)20-39(32(28)42)29-9-10-30(40)37-31(29)41/h3-8,15,17-18,21,24,29H,9-14,16,19-20H2,1-2H3,(H,34,35,36)(H,37,40,41). The Morgan fingerprint density at radius 2 is 1.67 bits per heavy atom. The lowest BCUT2D eigenvalue weighted by Crippen LogP contribution is -2.52. The first-order valence-electron chi connectivity index (χ1n) is 15.0. The number of fused-ring (bicyclic) bond motifs is 1. The maximum atomic E-state index is 13.0. The van der Waals surface area contributed by atoms with Crippen LogP contribution >= 0.6 is 0 Å². The van der Waals surface area contributed by atoms with E-state index in [1.807, 2.05) is 18.5 Å². The highest BCUT2D eigenvalue weighted by atomic mass is 16.2. The number of amides is 3. The highest BCUT2D eigenvalue weighted by molar-refractivity contribution is 6.05. The number of likely N-dealkylation sites (tertiary alicyclic amines) is 1. The van der Waals surface area contributed by atoms with Gasteiger partial charge < -0.3 is 10.2 Å². The van der Waals surface area contributed by atoms with E-state index in [4.69, 9.17) is 0 Å². The first kappa shape index (κ1) is 28.0. The summed E-state index contributed by atoms with van der Waals surface area (Å²) in [5, 5.41) is 5.68. The molecule has 1 unspecified atom stereocenters. The molecule has 218 valence electrons. The van der Waals surface area contributed by atoms with Gasteiger partial charge in [0.05, 0.1) is 0 Å². The minimum atomic E-state index is -0.574. The molecular formula is C33H38N6O3. The summed E-state index contributed by atoms with van der Waals surface area (Å²) in [6.07, 6.45) is 6.56. The van der Waals surface area contributed by atoms with E-state index in [1.165, 1.54) is 16.7 Å². The summed E-state index contributed by atoms with van der Waals surface area (Å²) >= 11 is 0. The van der Waals surface area contributed by atoms with Crippen LogP contribution in [0.4, 0.5) is 5.95 Å². The van der Waals surface area contributed by atoms with Gasteiger partial charge in [-0.2, -0.15) is 0 Å². The van der Waals surface area contributed by atoms with Crippen molar-refractivity contribution in [3.63, 3.8) is 0 Å². The number of carbonyl (C=O) groups excluding carboxylic acids is 3. The molecule has 3 aliphatic heterocycles. The molecule has 0 aliphatic carbocycles. The largest absolute Gasteiger partial charge is 0.350 e. The van der Waals surface area contributed by atoms with E-state index in [2.05, 4.69) is 75.7 Å². The van der Waals surface area contributed by atoms with E-state index in [9.17, 15) is 14.4 Å². The lowest BCUT2D eigenvalue weighted by Gasteiger charge is -2.32. The lowest BCUT2D eigenvalue weighted by molar-refractivity contribution is -0.136. The van der Waals surface area contributed by atoms with Gasteiger partial charge in [-0.25, -0.2) is 9.97 Å². The van der Waals surface area contributed by atoms with E-state index in [0.717, 1.165) is 43.6 Å². The van der Waals surface area contributed by atoms with Gasteiger partial charge in [0.1, 0.15) is 6.04 Å². The molecule has 2 N–H and O–H groups in total. The van der Waals surface area contributed by atoms with Crippen LogP contribution < -0.4 is 10.6 Å². The minimum Gasteiger partial charge on any atom is -0.350 e. The van der Waals surface area contributed by atoms with E-state index in [1.54, 1.807) is 4.90 Å². The molecule has 2 fully saturated rings. The van der Waals surface area contributed by atoms with Crippen molar-refractivity contribution < 1.29 is 14.4 Å². The van der Waals surface area contributed by atoms with Gasteiger partial charge in [-0.05, 0) is 78.1 Å². The third kappa shape index (κ3) is 6.06. The summed E-state index contributed by atoms with van der Waals surface area (Å²) < 4.78 is 0. The van der Waals surface area contributed by atoms with Crippen LogP contribution in [0.15, 0.2) is 54.9 Å². The van der Waals surface area contributed by atoms with Gasteiger partial charge in [0.2, 0.25) is 17.8 Å². The van der Waals surface area contributed by atoms with E-state index >= 15 is 0 Å². The topological polar surface area (TPSA) is 108 Å². The Morgan fingerprint density at radius 3 is 2.36 bits per heavy atom. The molecule has 0 saturated carbocycles. The van der Waals surface area contributed by atoms with Crippen molar-refractivity contribution in [2.75, 3.05) is 18.4 Å². The van der Waals surface area contributed by atoms with Crippen LogP contribution in [0.3, 0.4) is 0 Å². The predicted octanol–water partition coefficient (Wildman–Crippen LogP) is 4.35. The molecule has 0 spiro atoms. The Bertz CT molecular complexity index is 1460. The van der Waals surface area contributed by atoms with E-state index in [-0.39, 0.29) is 24.1 Å². The van der Waals surface area contributed by atoms with Crippen LogP contribution in [-0.2, 0) is 29.2 Å². The predicted molar refractivity (Wildman–Crippen MR) is 160 cm³/mol. The minimum absolute atomic E-state index is 0.115. The molecule has 9 nitrogen and oxygen atoms in total. The van der Waals surface area contributed by atoms with Gasteiger partial charge >= 0.3 is 0 Å². The first-order valence-corrected chi connectivity index (χ1v) is 15.0. The maximum absolute atomic E-state index is 13.0. The Labute approximate surface area is 246 Å². The van der Waals surface area contributed by atoms with Crippen molar-refractivity contribution in [1.29, 1.82) is 0 Å². The van der Waals surface area contributed by atoms with Crippen molar-refractivity contribution in [3.05, 3.63) is 88.2 Å². The highest BCUT2D eigenvalue weighted by Crippen LogP contribution is 2.34. The quantitative estimate of drug-likeness (QED) is 0.390. The number of hydrogen-bond donors (Lipinski definition) is 2. The monoisotopic (exact) mass is 566 g/mol. The Balaban J connectivity index is 0.988. The molecule has 4 heterocycles. The summed E-state index contributed by atoms with van der Waals surface area (Å²) in [5.74, 6) is 0.773. The average molecular weight is 567 g/mol. The number of carbonyl (C=O) groups is 3. The fraction of sp³-hybridized carbons (Fsp3) is 0.424. The van der Waals surface area contributed by atoms with Crippen LogP contribution in [0.5, 0.6) is 0 Å². The van der Waals surface area contributed by atoms with Crippen molar-refractivity contribution in [2.24, 2.45) is 0 Å². The molecule has 3 amide bonds. The zero-order valence-electron chi connectivity index (χ0n) is 24.3. The third-order valence-electron chi connectivity index (χ3n) is 8.82. The second kappa shape index (κ2) is 12.0. The summed E-state index contributed by atoms with van der Waals surface area (Å²) in [6.45, 7) is 8.36. The Kier molecular flexibility index (Phi) is 8.02. The molecule has 9 heteroatoms. The van der Waals surface area contributed by atoms with Crippen molar-refractivity contribution in [3.8, 4) is 0 Å². The molecule has 3 aliphatic rings. The molecule has 1 aromatic heterocycles. The smallest absolute Gasteiger partial charge is 0.255 e. The van der Waals surface area contributed by atoms with Gasteiger partial charge in [-0.15, -0.1) is 0 Å². The van der Waals surface area contributed by atoms with Gasteiger partial charge in [0, 0.05) is 44.0 Å². The van der Waals surface area contributed by atoms with Crippen molar-refractivity contribution >= 4 is 23.7 Å². The second-order valence-corrected chi connectivity index (χ2v) is 12.0. The van der Waals surface area contributed by atoms with E-state index in [0.29, 0.717) is 42.9 Å². The summed E-state index contributed by atoms with van der Waals surface area (Å²) in [7, 11) is 0. The molecule has 2 saturated heterocycles. The summed E-state index contributed by atoms with van der Waals surface area (Å²) in [5.41, 5.74) is 6.57.